The molecule has 82 valence electrons. The Hall–Kier alpha value is -1.88. The van der Waals surface area contributed by atoms with Gasteiger partial charge < -0.3 is 4.74 Å². The highest BCUT2D eigenvalue weighted by molar-refractivity contribution is 6.28. The molecule has 6 heteroatoms. The number of carbonyl (C=O) groups is 1. The zero-order valence-corrected chi connectivity index (χ0v) is 9.15. The van der Waals surface area contributed by atoms with E-state index in [2.05, 4.69) is 19.9 Å². The fourth-order valence-electron chi connectivity index (χ4n) is 1.33. The van der Waals surface area contributed by atoms with Crippen molar-refractivity contribution in [2.24, 2.45) is 0 Å². The molecule has 0 saturated carbocycles. The van der Waals surface area contributed by atoms with Gasteiger partial charge >= 0.3 is 5.97 Å². The number of esters is 1. The van der Waals surface area contributed by atoms with Crippen LogP contribution in [0.2, 0.25) is 5.28 Å². The lowest BCUT2D eigenvalue weighted by Gasteiger charge is -2.03. The highest BCUT2D eigenvalue weighted by Crippen LogP contribution is 2.21. The molecule has 0 fully saturated rings. The fourth-order valence-corrected chi connectivity index (χ4v) is 1.45. The number of carbonyl (C=O) groups excluding carboxylic acids is 1. The Morgan fingerprint density at radius 3 is 2.81 bits per heavy atom. The minimum atomic E-state index is -0.434. The summed E-state index contributed by atoms with van der Waals surface area (Å²) in [6.07, 6.45) is 0. The molecule has 0 aliphatic carbocycles. The quantitative estimate of drug-likeness (QED) is 0.811. The maximum absolute atomic E-state index is 11.5. The Labute approximate surface area is 96.4 Å². The van der Waals surface area contributed by atoms with E-state index in [-0.39, 0.29) is 5.28 Å². The number of benzene rings is 1. The van der Waals surface area contributed by atoms with E-state index in [0.29, 0.717) is 17.0 Å². The van der Waals surface area contributed by atoms with E-state index >= 15 is 0 Å². The Bertz CT molecular complexity index is 524. The monoisotopic (exact) mass is 237 g/mol. The van der Waals surface area contributed by atoms with Gasteiger partial charge in [-0.2, -0.15) is 10.1 Å². The Kier molecular flexibility index (Phi) is 2.87. The lowest BCUT2D eigenvalue weighted by molar-refractivity contribution is 0.0601. The molecule has 0 saturated heterocycles. The summed E-state index contributed by atoms with van der Waals surface area (Å²) in [7, 11) is 1.32. The Morgan fingerprint density at radius 1 is 1.44 bits per heavy atom. The number of methoxy groups -OCH3 is 1. The van der Waals surface area contributed by atoms with Crippen molar-refractivity contribution in [3.05, 3.63) is 35.1 Å². The SMILES string of the molecule is COC(=O)c1ccccc1-c1n[nH]c(Cl)n1. The molecular formula is C10H8ClN3O2. The van der Waals surface area contributed by atoms with E-state index in [4.69, 9.17) is 11.6 Å². The minimum absolute atomic E-state index is 0.176. The van der Waals surface area contributed by atoms with Gasteiger partial charge in [-0.3, -0.25) is 0 Å². The Morgan fingerprint density at radius 2 is 2.19 bits per heavy atom. The number of aromatic nitrogens is 3. The number of aromatic amines is 1. The van der Waals surface area contributed by atoms with E-state index in [1.165, 1.54) is 7.11 Å². The lowest BCUT2D eigenvalue weighted by Crippen LogP contribution is -2.03. The highest BCUT2D eigenvalue weighted by atomic mass is 35.5. The van der Waals surface area contributed by atoms with E-state index in [0.717, 1.165) is 0 Å². The van der Waals surface area contributed by atoms with Gasteiger partial charge in [0, 0.05) is 5.56 Å². The van der Waals surface area contributed by atoms with Crippen LogP contribution in [0.25, 0.3) is 11.4 Å². The summed E-state index contributed by atoms with van der Waals surface area (Å²) in [6, 6.07) is 6.90. The molecule has 1 heterocycles. The molecule has 0 unspecified atom stereocenters. The van der Waals surface area contributed by atoms with Gasteiger partial charge in [0.15, 0.2) is 5.82 Å². The van der Waals surface area contributed by atoms with E-state index in [1.807, 2.05) is 0 Å². The maximum atomic E-state index is 11.5. The van der Waals surface area contributed by atoms with Crippen LogP contribution >= 0.6 is 11.6 Å². The smallest absolute Gasteiger partial charge is 0.338 e. The van der Waals surface area contributed by atoms with Crippen LogP contribution in [0.3, 0.4) is 0 Å². The van der Waals surface area contributed by atoms with Crippen LogP contribution in [0.5, 0.6) is 0 Å². The van der Waals surface area contributed by atoms with E-state index in [9.17, 15) is 4.79 Å². The highest BCUT2D eigenvalue weighted by Gasteiger charge is 2.15. The molecule has 0 bridgehead atoms. The second kappa shape index (κ2) is 4.32. The first-order valence-electron chi connectivity index (χ1n) is 4.48. The van der Waals surface area contributed by atoms with Gasteiger partial charge in [-0.25, -0.2) is 9.89 Å². The standard InChI is InChI=1S/C10H8ClN3O2/c1-16-9(15)7-5-3-2-4-6(7)8-12-10(11)14-13-8/h2-5H,1H3,(H,12,13,14). The minimum Gasteiger partial charge on any atom is -0.465 e. The number of H-pyrrole nitrogens is 1. The molecule has 0 aliphatic heterocycles. The number of nitrogens with zero attached hydrogens (tertiary/aromatic N) is 2. The first-order valence-corrected chi connectivity index (χ1v) is 4.86. The summed E-state index contributed by atoms with van der Waals surface area (Å²) in [5.41, 5.74) is 0.984. The van der Waals surface area contributed by atoms with Gasteiger partial charge in [-0.1, -0.05) is 18.2 Å². The van der Waals surface area contributed by atoms with Gasteiger partial charge in [-0.15, -0.1) is 0 Å². The lowest BCUT2D eigenvalue weighted by atomic mass is 10.1. The second-order valence-corrected chi connectivity index (χ2v) is 3.35. The summed E-state index contributed by atoms with van der Waals surface area (Å²) >= 11 is 5.63. The number of halogens is 1. The number of hydrogen-bond donors (Lipinski definition) is 1. The number of nitrogens with one attached hydrogen (secondary N) is 1. The third-order valence-electron chi connectivity index (χ3n) is 2.03. The van der Waals surface area contributed by atoms with Crippen molar-refractivity contribution >= 4 is 17.6 Å². The zero-order valence-electron chi connectivity index (χ0n) is 8.40. The van der Waals surface area contributed by atoms with E-state index < -0.39 is 5.97 Å². The van der Waals surface area contributed by atoms with Crippen LogP contribution in [0, 0.1) is 0 Å². The first-order chi connectivity index (χ1) is 7.72. The van der Waals surface area contributed by atoms with Gasteiger partial charge in [-0.05, 0) is 17.7 Å². The van der Waals surface area contributed by atoms with Crippen molar-refractivity contribution < 1.29 is 9.53 Å². The molecule has 0 amide bonds. The molecule has 0 aliphatic rings. The molecule has 1 N–H and O–H groups in total. The summed E-state index contributed by atoms with van der Waals surface area (Å²) in [5.74, 6) is -0.0671. The average molecular weight is 238 g/mol. The van der Waals surface area contributed by atoms with Crippen LogP contribution in [-0.2, 0) is 4.74 Å². The number of ether oxygens (including phenoxy) is 1. The molecule has 1 aromatic heterocycles. The molecule has 2 rings (SSSR count). The van der Waals surface area contributed by atoms with E-state index in [1.54, 1.807) is 24.3 Å². The molecule has 0 atom stereocenters. The predicted molar refractivity (Wildman–Crippen MR) is 58.2 cm³/mol. The van der Waals surface area contributed by atoms with Crippen molar-refractivity contribution in [2.75, 3.05) is 7.11 Å². The van der Waals surface area contributed by atoms with Gasteiger partial charge in [0.1, 0.15) is 0 Å². The van der Waals surface area contributed by atoms with Crippen molar-refractivity contribution in [3.63, 3.8) is 0 Å². The number of hydrogen-bond acceptors (Lipinski definition) is 4. The van der Waals surface area contributed by atoms with Crippen molar-refractivity contribution in [2.45, 2.75) is 0 Å². The third kappa shape index (κ3) is 1.90. The van der Waals surface area contributed by atoms with Crippen molar-refractivity contribution in [3.8, 4) is 11.4 Å². The molecule has 0 spiro atoms. The topological polar surface area (TPSA) is 67.9 Å². The molecule has 0 radical (unpaired) electrons. The summed E-state index contributed by atoms with van der Waals surface area (Å²) in [6.45, 7) is 0. The van der Waals surface area contributed by atoms with Crippen LogP contribution in [0.1, 0.15) is 10.4 Å². The van der Waals surface area contributed by atoms with Crippen LogP contribution in [-0.4, -0.2) is 28.3 Å². The molecule has 2 aromatic rings. The summed E-state index contributed by atoms with van der Waals surface area (Å²) in [5, 5.41) is 6.57. The summed E-state index contributed by atoms with van der Waals surface area (Å²) < 4.78 is 4.67. The van der Waals surface area contributed by atoms with Gasteiger partial charge in [0.05, 0.1) is 12.7 Å². The van der Waals surface area contributed by atoms with Crippen LogP contribution in [0.15, 0.2) is 24.3 Å². The van der Waals surface area contributed by atoms with Crippen LogP contribution < -0.4 is 0 Å². The molecule has 1 aromatic carbocycles. The first kappa shape index (κ1) is 10.6. The van der Waals surface area contributed by atoms with Crippen molar-refractivity contribution in [1.82, 2.24) is 15.2 Å². The third-order valence-corrected chi connectivity index (χ3v) is 2.20. The van der Waals surface area contributed by atoms with Crippen LogP contribution in [0.4, 0.5) is 0 Å². The summed E-state index contributed by atoms with van der Waals surface area (Å²) in [4.78, 5) is 15.4. The largest absolute Gasteiger partial charge is 0.465 e. The maximum Gasteiger partial charge on any atom is 0.338 e. The molecular weight excluding hydrogens is 230 g/mol. The van der Waals surface area contributed by atoms with Gasteiger partial charge in [0.25, 0.3) is 0 Å². The van der Waals surface area contributed by atoms with Crippen molar-refractivity contribution in [1.29, 1.82) is 0 Å². The molecule has 16 heavy (non-hydrogen) atoms. The normalized spacial score (nSPS) is 10.1. The Balaban J connectivity index is 2.52. The van der Waals surface area contributed by atoms with Gasteiger partial charge in [0.2, 0.25) is 5.28 Å². The number of rotatable bonds is 2. The molecule has 5 nitrogen and oxygen atoms in total. The predicted octanol–water partition coefficient (Wildman–Crippen LogP) is 1.91. The fraction of sp³-hybridized carbons (Fsp3) is 0.100. The average Bonchev–Trinajstić information content (AvgIpc) is 2.75. The second-order valence-electron chi connectivity index (χ2n) is 2.99. The zero-order chi connectivity index (χ0) is 11.5.